The van der Waals surface area contributed by atoms with Crippen molar-refractivity contribution in [1.29, 1.82) is 0 Å². The summed E-state index contributed by atoms with van der Waals surface area (Å²) in [4.78, 5) is 22.7. The van der Waals surface area contributed by atoms with Crippen LogP contribution >= 0.6 is 7.82 Å². The third-order valence-corrected chi connectivity index (χ3v) is 4.66. The molecule has 1 N–H and O–H groups in total. The van der Waals surface area contributed by atoms with Crippen molar-refractivity contribution in [1.82, 2.24) is 0 Å². The van der Waals surface area contributed by atoms with E-state index >= 15 is 0 Å². The highest BCUT2D eigenvalue weighted by Gasteiger charge is 2.55. The van der Waals surface area contributed by atoms with Crippen molar-refractivity contribution >= 4 is 25.1 Å². The Labute approximate surface area is 118 Å². The van der Waals surface area contributed by atoms with Crippen molar-refractivity contribution in [2.24, 2.45) is 5.41 Å². The lowest BCUT2D eigenvalue weighted by Gasteiger charge is -2.42. The van der Waals surface area contributed by atoms with Crippen molar-refractivity contribution in [2.45, 2.75) is 0 Å². The van der Waals surface area contributed by atoms with Gasteiger partial charge in [-0.25, -0.2) is 4.57 Å². The van der Waals surface area contributed by atoms with Gasteiger partial charge in [-0.2, -0.15) is 0 Å². The maximum atomic E-state index is 12.4. The number of hydrogen-bond acceptors (Lipinski definition) is 7. The second-order valence-corrected chi connectivity index (χ2v) is 6.45. The van der Waals surface area contributed by atoms with Crippen molar-refractivity contribution in [2.75, 3.05) is 25.1 Å². The molecule has 1 amide bonds. The summed E-state index contributed by atoms with van der Waals surface area (Å²) >= 11 is 0. The number of carbonyl (C=O) groups is 1. The van der Waals surface area contributed by atoms with Gasteiger partial charge in [0, 0.05) is 6.07 Å². The van der Waals surface area contributed by atoms with E-state index in [0.717, 1.165) is 0 Å². The van der Waals surface area contributed by atoms with Crippen LogP contribution in [0.1, 0.15) is 0 Å². The van der Waals surface area contributed by atoms with E-state index in [1.807, 2.05) is 0 Å². The molecular formula is C11H11N2O7P. The molecule has 4 rings (SSSR count). The summed E-state index contributed by atoms with van der Waals surface area (Å²) in [5.41, 5.74) is -1.31. The van der Waals surface area contributed by atoms with Crippen molar-refractivity contribution < 1.29 is 27.9 Å². The summed E-state index contributed by atoms with van der Waals surface area (Å²) in [6.45, 7) is -0.343. The number of nitrogens with zero attached hydrogens (tertiary/aromatic N) is 1. The number of carbonyl (C=O) groups excluding carboxylic acids is 1. The molecule has 0 radical (unpaired) electrons. The highest BCUT2D eigenvalue weighted by atomic mass is 31.2. The Morgan fingerprint density at radius 1 is 1.24 bits per heavy atom. The van der Waals surface area contributed by atoms with Crippen LogP contribution in [0.15, 0.2) is 24.3 Å². The molecule has 1 aromatic rings. The van der Waals surface area contributed by atoms with Gasteiger partial charge >= 0.3 is 7.82 Å². The van der Waals surface area contributed by atoms with E-state index in [1.165, 1.54) is 18.2 Å². The van der Waals surface area contributed by atoms with Gasteiger partial charge in [0.15, 0.2) is 0 Å². The first-order chi connectivity index (χ1) is 9.94. The molecule has 3 fully saturated rings. The number of nitro benzene ring substituents is 1. The van der Waals surface area contributed by atoms with Gasteiger partial charge in [0.1, 0.15) is 11.1 Å². The Bertz CT molecular complexity index is 630. The number of benzene rings is 1. The number of amides is 1. The van der Waals surface area contributed by atoms with E-state index < -0.39 is 24.1 Å². The first-order valence-corrected chi connectivity index (χ1v) is 7.49. The van der Waals surface area contributed by atoms with Crippen LogP contribution in [0.25, 0.3) is 0 Å². The van der Waals surface area contributed by atoms with Gasteiger partial charge in [-0.1, -0.05) is 12.1 Å². The van der Waals surface area contributed by atoms with Crippen LogP contribution in [0.2, 0.25) is 0 Å². The summed E-state index contributed by atoms with van der Waals surface area (Å²) in [5, 5.41) is 13.4. The molecule has 9 nitrogen and oxygen atoms in total. The molecule has 3 heterocycles. The van der Waals surface area contributed by atoms with Crippen molar-refractivity contribution in [3.63, 3.8) is 0 Å². The van der Waals surface area contributed by atoms with Gasteiger partial charge in [0.25, 0.3) is 5.69 Å². The van der Waals surface area contributed by atoms with E-state index in [1.54, 1.807) is 6.07 Å². The number of phosphoric acid groups is 1. The molecule has 0 spiro atoms. The zero-order chi connectivity index (χ0) is 15.1. The Balaban J connectivity index is 1.82. The van der Waals surface area contributed by atoms with Crippen LogP contribution in [0.4, 0.5) is 11.4 Å². The van der Waals surface area contributed by atoms with E-state index in [9.17, 15) is 19.5 Å². The third-order valence-electron chi connectivity index (χ3n) is 3.33. The Kier molecular flexibility index (Phi) is 3.29. The Morgan fingerprint density at radius 2 is 1.81 bits per heavy atom. The number of nitro groups is 1. The van der Waals surface area contributed by atoms with Crippen LogP contribution < -0.4 is 5.32 Å². The lowest BCUT2D eigenvalue weighted by molar-refractivity contribution is -0.383. The quantitative estimate of drug-likeness (QED) is 0.512. The van der Waals surface area contributed by atoms with Crippen LogP contribution in [-0.4, -0.2) is 30.7 Å². The fraction of sp³-hybridized carbons (Fsp3) is 0.364. The molecule has 3 saturated heterocycles. The normalized spacial score (nSPS) is 30.9. The molecule has 0 unspecified atom stereocenters. The molecule has 2 bridgehead atoms. The second-order valence-electron chi connectivity index (χ2n) is 4.78. The zero-order valence-corrected chi connectivity index (χ0v) is 11.6. The molecule has 0 saturated carbocycles. The molecular weight excluding hydrogens is 303 g/mol. The Hall–Kier alpha value is -1.80. The molecule has 3 aliphatic heterocycles. The minimum absolute atomic E-state index is 0.0706. The minimum atomic E-state index is -3.51. The minimum Gasteiger partial charge on any atom is -0.320 e. The average Bonchev–Trinajstić information content (AvgIpc) is 2.48. The SMILES string of the molecule is O=C(Nc1ccccc1[N+](=O)[O-])C12COP(=O)(OC1)OC2. The lowest BCUT2D eigenvalue weighted by Crippen LogP contribution is -2.52. The van der Waals surface area contributed by atoms with Crippen LogP contribution in [-0.2, 0) is 22.9 Å². The van der Waals surface area contributed by atoms with E-state index in [-0.39, 0.29) is 31.2 Å². The monoisotopic (exact) mass is 314 g/mol. The van der Waals surface area contributed by atoms with Crippen LogP contribution in [0.5, 0.6) is 0 Å². The first-order valence-electron chi connectivity index (χ1n) is 6.03. The highest BCUT2D eigenvalue weighted by Crippen LogP contribution is 2.60. The second kappa shape index (κ2) is 4.88. The summed E-state index contributed by atoms with van der Waals surface area (Å²) in [5.74, 6) is -0.539. The van der Waals surface area contributed by atoms with E-state index in [0.29, 0.717) is 0 Å². The molecule has 3 aliphatic rings. The zero-order valence-electron chi connectivity index (χ0n) is 10.7. The van der Waals surface area contributed by atoms with E-state index in [2.05, 4.69) is 5.32 Å². The summed E-state index contributed by atoms with van der Waals surface area (Å²) in [7, 11) is -3.51. The summed E-state index contributed by atoms with van der Waals surface area (Å²) < 4.78 is 26.4. The predicted molar refractivity (Wildman–Crippen MR) is 69.6 cm³/mol. The number of fused-ring (bicyclic) bond motifs is 3. The molecule has 1 aromatic carbocycles. The smallest absolute Gasteiger partial charge is 0.320 e. The summed E-state index contributed by atoms with van der Waals surface area (Å²) in [6, 6.07) is 5.77. The number of nitrogens with one attached hydrogen (secondary N) is 1. The van der Waals surface area contributed by atoms with Gasteiger partial charge in [-0.15, -0.1) is 0 Å². The third kappa shape index (κ3) is 2.44. The standard InChI is InChI=1S/C11H11N2O7P/c14-10(11-5-18-21(17,19-6-11)20-7-11)12-8-3-1-2-4-9(8)13(15)16/h1-4H,5-7H2,(H,12,14). The maximum Gasteiger partial charge on any atom is 0.474 e. The molecule has 0 atom stereocenters. The fourth-order valence-corrected chi connectivity index (χ4v) is 3.47. The number of para-hydroxylation sites is 2. The van der Waals surface area contributed by atoms with Gasteiger partial charge in [-0.3, -0.25) is 28.5 Å². The first kappa shape index (κ1) is 14.2. The topological polar surface area (TPSA) is 117 Å². The molecule has 10 heteroatoms. The number of hydrogen-bond donors (Lipinski definition) is 1. The van der Waals surface area contributed by atoms with Gasteiger partial charge in [-0.05, 0) is 6.07 Å². The maximum absolute atomic E-state index is 12.4. The predicted octanol–water partition coefficient (Wildman–Crippen LogP) is 1.70. The average molecular weight is 314 g/mol. The van der Waals surface area contributed by atoms with Gasteiger partial charge in [0.2, 0.25) is 5.91 Å². The van der Waals surface area contributed by atoms with Crippen LogP contribution in [0, 0.1) is 15.5 Å². The summed E-state index contributed by atoms with van der Waals surface area (Å²) in [6.07, 6.45) is 0. The van der Waals surface area contributed by atoms with Crippen molar-refractivity contribution in [3.05, 3.63) is 34.4 Å². The van der Waals surface area contributed by atoms with Gasteiger partial charge in [0.05, 0.1) is 24.7 Å². The lowest BCUT2D eigenvalue weighted by atomic mass is 9.90. The highest BCUT2D eigenvalue weighted by molar-refractivity contribution is 7.48. The Morgan fingerprint density at radius 3 is 2.38 bits per heavy atom. The van der Waals surface area contributed by atoms with Crippen molar-refractivity contribution in [3.8, 4) is 0 Å². The number of rotatable bonds is 3. The molecule has 0 aliphatic carbocycles. The van der Waals surface area contributed by atoms with E-state index in [4.69, 9.17) is 13.6 Å². The fourth-order valence-electron chi connectivity index (χ4n) is 2.03. The molecule has 21 heavy (non-hydrogen) atoms. The largest absolute Gasteiger partial charge is 0.474 e. The van der Waals surface area contributed by atoms with Gasteiger partial charge < -0.3 is 5.32 Å². The van der Waals surface area contributed by atoms with Crippen LogP contribution in [0.3, 0.4) is 0 Å². The molecule has 112 valence electrons. The number of anilines is 1. The number of phosphoric ester groups is 1. The molecule has 0 aromatic heterocycles.